The molecule has 3 heteroatoms. The standard InChI is InChI=1S/C6H12F2O/c1-4(2)3-5(9)6(7)8/h4-6,9H,3H2,1-2H3. The number of alkyl halides is 2. The molecule has 1 nitrogen and oxygen atoms in total. The van der Waals surface area contributed by atoms with Gasteiger partial charge in [0.2, 0.25) is 0 Å². The molecule has 0 radical (unpaired) electrons. The van der Waals surface area contributed by atoms with Gasteiger partial charge in [0.15, 0.2) is 0 Å². The van der Waals surface area contributed by atoms with Crippen molar-refractivity contribution in [3.63, 3.8) is 0 Å². The number of aliphatic hydroxyl groups excluding tert-OH is 1. The van der Waals surface area contributed by atoms with Crippen molar-refractivity contribution in [1.29, 1.82) is 0 Å². The van der Waals surface area contributed by atoms with Crippen molar-refractivity contribution < 1.29 is 13.9 Å². The van der Waals surface area contributed by atoms with E-state index >= 15 is 0 Å². The van der Waals surface area contributed by atoms with Gasteiger partial charge in [-0.15, -0.1) is 0 Å². The first-order valence-electron chi connectivity index (χ1n) is 3.00. The molecule has 0 saturated carbocycles. The lowest BCUT2D eigenvalue weighted by Crippen LogP contribution is -2.19. The molecule has 0 aliphatic rings. The van der Waals surface area contributed by atoms with E-state index in [9.17, 15) is 8.78 Å². The third-order valence-corrected chi connectivity index (χ3v) is 1.00. The van der Waals surface area contributed by atoms with Crippen LogP contribution in [-0.4, -0.2) is 17.6 Å². The van der Waals surface area contributed by atoms with E-state index in [4.69, 9.17) is 5.11 Å². The first kappa shape index (κ1) is 8.82. The molecule has 0 aromatic rings. The smallest absolute Gasteiger partial charge is 0.264 e. The largest absolute Gasteiger partial charge is 0.387 e. The molecule has 0 aromatic heterocycles. The number of hydrogen-bond donors (Lipinski definition) is 1. The minimum Gasteiger partial charge on any atom is -0.387 e. The second kappa shape index (κ2) is 3.77. The van der Waals surface area contributed by atoms with Crippen LogP contribution in [0.2, 0.25) is 0 Å². The minimum atomic E-state index is -2.59. The van der Waals surface area contributed by atoms with Crippen LogP contribution in [0, 0.1) is 5.92 Å². The van der Waals surface area contributed by atoms with E-state index in [1.54, 1.807) is 13.8 Å². The van der Waals surface area contributed by atoms with Crippen molar-refractivity contribution in [2.45, 2.75) is 32.8 Å². The summed E-state index contributed by atoms with van der Waals surface area (Å²) in [6, 6.07) is 0. The molecule has 0 aliphatic carbocycles. The normalized spacial score (nSPS) is 15.0. The molecule has 1 atom stereocenters. The van der Waals surface area contributed by atoms with Crippen molar-refractivity contribution in [3.8, 4) is 0 Å². The lowest BCUT2D eigenvalue weighted by Gasteiger charge is -2.10. The molecule has 0 saturated heterocycles. The average Bonchev–Trinajstić information content (AvgIpc) is 1.63. The van der Waals surface area contributed by atoms with E-state index in [0.717, 1.165) is 0 Å². The summed E-state index contributed by atoms with van der Waals surface area (Å²) in [6.45, 7) is 3.59. The van der Waals surface area contributed by atoms with Crippen LogP contribution >= 0.6 is 0 Å². The Labute approximate surface area is 53.7 Å². The van der Waals surface area contributed by atoms with Gasteiger partial charge in [-0.2, -0.15) is 0 Å². The van der Waals surface area contributed by atoms with Crippen molar-refractivity contribution in [3.05, 3.63) is 0 Å². The average molecular weight is 138 g/mol. The summed E-state index contributed by atoms with van der Waals surface area (Å²) < 4.78 is 23.1. The van der Waals surface area contributed by atoms with Crippen molar-refractivity contribution in [2.75, 3.05) is 0 Å². The lowest BCUT2D eigenvalue weighted by molar-refractivity contribution is -0.0151. The predicted molar refractivity (Wildman–Crippen MR) is 31.5 cm³/mol. The zero-order valence-electron chi connectivity index (χ0n) is 5.64. The van der Waals surface area contributed by atoms with Gasteiger partial charge < -0.3 is 5.11 Å². The molecule has 1 N–H and O–H groups in total. The molecule has 0 amide bonds. The van der Waals surface area contributed by atoms with Crippen LogP contribution in [0.1, 0.15) is 20.3 Å². The molecule has 0 fully saturated rings. The molecule has 0 rings (SSSR count). The van der Waals surface area contributed by atoms with Crippen LogP contribution in [0.15, 0.2) is 0 Å². The Balaban J connectivity index is 3.38. The molecular weight excluding hydrogens is 126 g/mol. The Bertz CT molecular complexity index is 73.5. The van der Waals surface area contributed by atoms with Crippen molar-refractivity contribution in [2.24, 2.45) is 5.92 Å². The Kier molecular flexibility index (Phi) is 3.70. The molecule has 56 valence electrons. The summed E-state index contributed by atoms with van der Waals surface area (Å²) in [5, 5.41) is 8.55. The van der Waals surface area contributed by atoms with Gasteiger partial charge in [-0.3, -0.25) is 0 Å². The number of hydrogen-bond acceptors (Lipinski definition) is 1. The summed E-state index contributed by atoms with van der Waals surface area (Å²) >= 11 is 0. The summed E-state index contributed by atoms with van der Waals surface area (Å²) in [6.07, 6.45) is -3.85. The van der Waals surface area contributed by atoms with Gasteiger partial charge in [-0.1, -0.05) is 13.8 Å². The zero-order chi connectivity index (χ0) is 7.44. The van der Waals surface area contributed by atoms with E-state index in [-0.39, 0.29) is 12.3 Å². The van der Waals surface area contributed by atoms with E-state index in [2.05, 4.69) is 0 Å². The molecule has 0 aromatic carbocycles. The van der Waals surface area contributed by atoms with E-state index < -0.39 is 12.5 Å². The highest BCUT2D eigenvalue weighted by molar-refractivity contribution is 4.59. The maximum absolute atomic E-state index is 11.5. The van der Waals surface area contributed by atoms with Gasteiger partial charge >= 0.3 is 0 Å². The predicted octanol–water partition coefficient (Wildman–Crippen LogP) is 1.66. The highest BCUT2D eigenvalue weighted by atomic mass is 19.3. The fraction of sp³-hybridized carbons (Fsp3) is 1.00. The third kappa shape index (κ3) is 4.33. The fourth-order valence-electron chi connectivity index (χ4n) is 0.586. The molecule has 1 unspecified atom stereocenters. The summed E-state index contributed by atoms with van der Waals surface area (Å²) in [5.74, 6) is 0.133. The topological polar surface area (TPSA) is 20.2 Å². The maximum atomic E-state index is 11.5. The first-order chi connectivity index (χ1) is 4.04. The van der Waals surface area contributed by atoms with Gasteiger partial charge in [0.1, 0.15) is 6.10 Å². The van der Waals surface area contributed by atoms with E-state index in [1.165, 1.54) is 0 Å². The second-order valence-electron chi connectivity index (χ2n) is 2.53. The molecule has 0 aliphatic heterocycles. The Morgan fingerprint density at radius 2 is 1.78 bits per heavy atom. The summed E-state index contributed by atoms with van der Waals surface area (Å²) in [5.41, 5.74) is 0. The van der Waals surface area contributed by atoms with Crippen LogP contribution in [0.3, 0.4) is 0 Å². The second-order valence-corrected chi connectivity index (χ2v) is 2.53. The van der Waals surface area contributed by atoms with Gasteiger partial charge in [-0.25, -0.2) is 8.78 Å². The van der Waals surface area contributed by atoms with E-state index in [1.807, 2.05) is 0 Å². The van der Waals surface area contributed by atoms with Gasteiger partial charge in [0.25, 0.3) is 6.43 Å². The van der Waals surface area contributed by atoms with Crippen LogP contribution < -0.4 is 0 Å². The summed E-state index contributed by atoms with van der Waals surface area (Å²) in [7, 11) is 0. The maximum Gasteiger partial charge on any atom is 0.264 e. The zero-order valence-corrected chi connectivity index (χ0v) is 5.64. The van der Waals surface area contributed by atoms with Crippen LogP contribution in [0.4, 0.5) is 8.78 Å². The summed E-state index contributed by atoms with van der Waals surface area (Å²) in [4.78, 5) is 0. The SMILES string of the molecule is CC(C)CC(O)C(F)F. The highest BCUT2D eigenvalue weighted by Crippen LogP contribution is 2.10. The Morgan fingerprint density at radius 3 is 1.89 bits per heavy atom. The third-order valence-electron chi connectivity index (χ3n) is 1.00. The lowest BCUT2D eigenvalue weighted by atomic mass is 10.1. The minimum absolute atomic E-state index is 0.133. The molecule has 0 spiro atoms. The number of aliphatic hydroxyl groups is 1. The molecule has 0 heterocycles. The number of rotatable bonds is 3. The van der Waals surface area contributed by atoms with Crippen molar-refractivity contribution >= 4 is 0 Å². The number of halogens is 2. The molecule has 9 heavy (non-hydrogen) atoms. The monoisotopic (exact) mass is 138 g/mol. The highest BCUT2D eigenvalue weighted by Gasteiger charge is 2.17. The Hall–Kier alpha value is -0.180. The van der Waals surface area contributed by atoms with Gasteiger partial charge in [0.05, 0.1) is 0 Å². The molecular formula is C6H12F2O. The van der Waals surface area contributed by atoms with Crippen LogP contribution in [0.5, 0.6) is 0 Å². The van der Waals surface area contributed by atoms with Crippen LogP contribution in [0.25, 0.3) is 0 Å². The first-order valence-corrected chi connectivity index (χ1v) is 3.00. The van der Waals surface area contributed by atoms with Gasteiger partial charge in [-0.05, 0) is 12.3 Å². The molecule has 0 bridgehead atoms. The van der Waals surface area contributed by atoms with Crippen molar-refractivity contribution in [1.82, 2.24) is 0 Å². The Morgan fingerprint density at radius 1 is 1.33 bits per heavy atom. The fourth-order valence-corrected chi connectivity index (χ4v) is 0.586. The van der Waals surface area contributed by atoms with Crippen LogP contribution in [-0.2, 0) is 0 Å². The quantitative estimate of drug-likeness (QED) is 0.628. The van der Waals surface area contributed by atoms with E-state index in [0.29, 0.717) is 0 Å². The van der Waals surface area contributed by atoms with Gasteiger partial charge in [0, 0.05) is 0 Å².